The van der Waals surface area contributed by atoms with Crippen molar-refractivity contribution in [2.75, 3.05) is 44.3 Å². The van der Waals surface area contributed by atoms with Gasteiger partial charge in [0.05, 0.1) is 19.8 Å². The number of nitrogens with zero attached hydrogens (tertiary/aromatic N) is 6. The lowest BCUT2D eigenvalue weighted by atomic mass is 9.80. The number of hydrogen-bond donors (Lipinski definition) is 2. The van der Waals surface area contributed by atoms with Crippen molar-refractivity contribution in [3.63, 3.8) is 0 Å². The fourth-order valence-corrected chi connectivity index (χ4v) is 4.29. The topological polar surface area (TPSA) is 145 Å². The van der Waals surface area contributed by atoms with E-state index >= 15 is 0 Å². The monoisotopic (exact) mass is 594 g/mol. The minimum atomic E-state index is -5.08. The van der Waals surface area contributed by atoms with Crippen LogP contribution in [-0.2, 0) is 27.9 Å². The van der Waals surface area contributed by atoms with Gasteiger partial charge in [-0.05, 0) is 31.5 Å². The molecule has 2 fully saturated rings. The van der Waals surface area contributed by atoms with Crippen molar-refractivity contribution < 1.29 is 50.9 Å². The molecule has 1 unspecified atom stereocenters. The second-order valence-corrected chi connectivity index (χ2v) is 9.34. The molecule has 0 radical (unpaired) electrons. The number of pyridine rings is 1. The Kier molecular flexibility index (Phi) is 11.5. The van der Waals surface area contributed by atoms with Crippen molar-refractivity contribution in [2.45, 2.75) is 31.7 Å². The van der Waals surface area contributed by atoms with Gasteiger partial charge in [0, 0.05) is 44.5 Å². The Bertz CT molecular complexity index is 1190. The Labute approximate surface area is 230 Å². The normalized spacial score (nSPS) is 19.6. The molecule has 2 aromatic heterocycles. The maximum atomic E-state index is 10.6. The van der Waals surface area contributed by atoms with Gasteiger partial charge in [0.1, 0.15) is 23.4 Å². The van der Waals surface area contributed by atoms with Gasteiger partial charge in [-0.3, -0.25) is 4.90 Å². The van der Waals surface area contributed by atoms with Gasteiger partial charge in [-0.1, -0.05) is 6.07 Å². The van der Waals surface area contributed by atoms with Crippen LogP contribution in [0.3, 0.4) is 0 Å². The predicted octanol–water partition coefficient (Wildman–Crippen LogP) is 3.07. The van der Waals surface area contributed by atoms with Crippen LogP contribution in [-0.4, -0.2) is 93.3 Å². The molecule has 2 aromatic rings. The summed E-state index contributed by atoms with van der Waals surface area (Å²) in [5, 5.41) is 23.4. The third-order valence-corrected chi connectivity index (χ3v) is 6.12. The van der Waals surface area contributed by atoms with Crippen LogP contribution in [0, 0.1) is 16.7 Å². The number of piperidine rings is 1. The Morgan fingerprint density at radius 3 is 2.27 bits per heavy atom. The first-order chi connectivity index (χ1) is 19.1. The molecule has 0 aliphatic carbocycles. The van der Waals surface area contributed by atoms with E-state index in [4.69, 9.17) is 29.8 Å². The maximum absolute atomic E-state index is 10.6. The van der Waals surface area contributed by atoms with Crippen LogP contribution < -0.4 is 4.90 Å². The van der Waals surface area contributed by atoms with Crippen LogP contribution in [0.5, 0.6) is 0 Å². The number of aryl methyl sites for hydroxylation is 1. The minimum absolute atomic E-state index is 0.0875. The van der Waals surface area contributed by atoms with E-state index in [2.05, 4.69) is 30.4 Å². The molecule has 4 rings (SSSR count). The zero-order valence-corrected chi connectivity index (χ0v) is 21.8. The van der Waals surface area contributed by atoms with Crippen molar-refractivity contribution >= 4 is 17.8 Å². The van der Waals surface area contributed by atoms with E-state index in [1.807, 2.05) is 31.6 Å². The largest absolute Gasteiger partial charge is 0.490 e. The number of nitriles is 1. The molecule has 17 heteroatoms. The number of hydrogen-bond acceptors (Lipinski definition) is 8. The number of likely N-dealkylation sites (tertiary alicyclic amines) is 1. The molecule has 1 spiro atoms. The van der Waals surface area contributed by atoms with E-state index in [1.165, 1.54) is 0 Å². The second-order valence-electron chi connectivity index (χ2n) is 9.34. The summed E-state index contributed by atoms with van der Waals surface area (Å²) >= 11 is 0. The van der Waals surface area contributed by atoms with Crippen LogP contribution in [0.15, 0.2) is 30.6 Å². The Hall–Kier alpha value is -3.91. The highest BCUT2D eigenvalue weighted by atomic mass is 19.4. The highest BCUT2D eigenvalue weighted by Crippen LogP contribution is 2.34. The van der Waals surface area contributed by atoms with E-state index in [-0.39, 0.29) is 5.41 Å². The first kappa shape index (κ1) is 33.3. The van der Waals surface area contributed by atoms with Crippen molar-refractivity contribution in [3.05, 3.63) is 42.1 Å². The van der Waals surface area contributed by atoms with Crippen LogP contribution in [0.4, 0.5) is 32.2 Å². The Balaban J connectivity index is 0.000000349. The SMILES string of the molecule is Cn1ccnc1CN1CCCC2(COCCN(c3cccc(C#N)n3)C2)C1.O=C(O)C(F)(F)F.O=C(O)C(F)(F)F. The van der Waals surface area contributed by atoms with Gasteiger partial charge in [-0.2, -0.15) is 31.6 Å². The fraction of sp³-hybridized carbons (Fsp3) is 0.542. The number of aromatic nitrogens is 3. The predicted molar refractivity (Wildman–Crippen MR) is 130 cm³/mol. The van der Waals surface area contributed by atoms with Crippen molar-refractivity contribution in [3.8, 4) is 6.07 Å². The summed E-state index contributed by atoms with van der Waals surface area (Å²) in [5.41, 5.74) is 0.552. The van der Waals surface area contributed by atoms with Crippen LogP contribution >= 0.6 is 0 Å². The van der Waals surface area contributed by atoms with Gasteiger partial charge in [-0.15, -0.1) is 0 Å². The molecule has 41 heavy (non-hydrogen) atoms. The van der Waals surface area contributed by atoms with Gasteiger partial charge >= 0.3 is 24.3 Å². The first-order valence-corrected chi connectivity index (χ1v) is 12.0. The van der Waals surface area contributed by atoms with Gasteiger partial charge in [0.25, 0.3) is 0 Å². The Morgan fingerprint density at radius 2 is 1.73 bits per heavy atom. The number of halogens is 6. The van der Waals surface area contributed by atoms with Gasteiger partial charge in [-0.25, -0.2) is 19.6 Å². The van der Waals surface area contributed by atoms with E-state index in [0.717, 1.165) is 63.8 Å². The average molecular weight is 595 g/mol. The lowest BCUT2D eigenvalue weighted by molar-refractivity contribution is -0.193. The molecule has 11 nitrogen and oxygen atoms in total. The number of ether oxygens (including phenoxy) is 1. The van der Waals surface area contributed by atoms with E-state index < -0.39 is 24.3 Å². The maximum Gasteiger partial charge on any atom is 0.490 e. The molecule has 1 atom stereocenters. The molecule has 0 saturated carbocycles. The van der Waals surface area contributed by atoms with Crippen molar-refractivity contribution in [1.82, 2.24) is 19.4 Å². The summed E-state index contributed by atoms with van der Waals surface area (Å²) in [5.74, 6) is -3.54. The zero-order valence-electron chi connectivity index (χ0n) is 21.8. The number of aliphatic carboxylic acids is 2. The molecule has 2 aliphatic rings. The molecule has 2 saturated heterocycles. The molecular formula is C24H28F6N6O5. The number of carboxylic acids is 2. The summed E-state index contributed by atoms with van der Waals surface area (Å²) in [6.45, 7) is 6.14. The molecule has 2 aliphatic heterocycles. The number of rotatable bonds is 3. The van der Waals surface area contributed by atoms with Gasteiger partial charge in [0.15, 0.2) is 0 Å². The zero-order chi connectivity index (χ0) is 30.8. The van der Waals surface area contributed by atoms with E-state index in [0.29, 0.717) is 12.3 Å². The quantitative estimate of drug-likeness (QED) is 0.509. The average Bonchev–Trinajstić information content (AvgIpc) is 3.18. The standard InChI is InChI=1S/C20H26N6O.2C2HF3O2/c1-24-9-7-22-19(24)13-25-8-3-6-20(14-25)15-26(10-11-27-16-20)18-5-2-4-17(12-21)23-18;2*3-2(4,5)1(6)7/h2,4-5,7,9H,3,6,8,10-11,13-16H2,1H3;2*(H,6,7). The number of carboxylic acid groups (broad SMARTS) is 2. The molecule has 226 valence electrons. The lowest BCUT2D eigenvalue weighted by Crippen LogP contribution is -2.50. The van der Waals surface area contributed by atoms with E-state index in [9.17, 15) is 26.3 Å². The molecule has 0 amide bonds. The second kappa shape index (κ2) is 14.1. The van der Waals surface area contributed by atoms with Crippen LogP contribution in [0.25, 0.3) is 0 Å². The first-order valence-electron chi connectivity index (χ1n) is 12.0. The highest BCUT2D eigenvalue weighted by molar-refractivity contribution is 5.73. The summed E-state index contributed by atoms with van der Waals surface area (Å²) in [6, 6.07) is 7.80. The van der Waals surface area contributed by atoms with Crippen molar-refractivity contribution in [1.29, 1.82) is 5.26 Å². The molecule has 0 aromatic carbocycles. The van der Waals surface area contributed by atoms with Gasteiger partial charge in [0.2, 0.25) is 0 Å². The number of alkyl halides is 6. The van der Waals surface area contributed by atoms with Crippen LogP contribution in [0.1, 0.15) is 24.4 Å². The smallest absolute Gasteiger partial charge is 0.475 e. The minimum Gasteiger partial charge on any atom is -0.475 e. The molecule has 4 heterocycles. The Morgan fingerprint density at radius 1 is 1.10 bits per heavy atom. The molecular weight excluding hydrogens is 566 g/mol. The molecule has 0 bridgehead atoms. The summed E-state index contributed by atoms with van der Waals surface area (Å²) < 4.78 is 71.6. The van der Waals surface area contributed by atoms with Crippen molar-refractivity contribution in [2.24, 2.45) is 12.5 Å². The summed E-state index contributed by atoms with van der Waals surface area (Å²) in [4.78, 5) is 31.6. The van der Waals surface area contributed by atoms with Gasteiger partial charge < -0.3 is 24.4 Å². The summed E-state index contributed by atoms with van der Waals surface area (Å²) in [6.07, 6.45) is -4.00. The third-order valence-electron chi connectivity index (χ3n) is 6.12. The van der Waals surface area contributed by atoms with Crippen LogP contribution in [0.2, 0.25) is 0 Å². The summed E-state index contributed by atoms with van der Waals surface area (Å²) in [7, 11) is 2.05. The fourth-order valence-electron chi connectivity index (χ4n) is 4.29. The lowest BCUT2D eigenvalue weighted by Gasteiger charge is -2.43. The third kappa shape index (κ3) is 10.5. The number of imidazole rings is 1. The highest BCUT2D eigenvalue weighted by Gasteiger charge is 2.40. The molecule has 2 N–H and O–H groups in total. The number of anilines is 1. The number of carbonyl (C=O) groups is 2. The van der Waals surface area contributed by atoms with E-state index in [1.54, 1.807) is 6.07 Å².